The number of carbonyl (C=O) groups excluding carboxylic acids is 2. The highest BCUT2D eigenvalue weighted by Gasteiger charge is 2.38. The molecule has 0 aromatic heterocycles. The van der Waals surface area contributed by atoms with Crippen molar-refractivity contribution >= 4 is 17.7 Å². The van der Waals surface area contributed by atoms with E-state index in [4.69, 9.17) is 9.47 Å². The van der Waals surface area contributed by atoms with Crippen molar-refractivity contribution < 1.29 is 19.1 Å². The number of benzene rings is 1. The second-order valence-corrected chi connectivity index (χ2v) is 7.42. The minimum atomic E-state index is -0.539. The van der Waals surface area contributed by atoms with Gasteiger partial charge in [-0.1, -0.05) is 6.92 Å². The molecule has 1 N–H and O–H groups in total. The lowest BCUT2D eigenvalue weighted by atomic mass is 9.97. The number of carbonyl (C=O) groups is 2. The van der Waals surface area contributed by atoms with E-state index in [9.17, 15) is 9.59 Å². The van der Waals surface area contributed by atoms with E-state index in [1.807, 2.05) is 58.9 Å². The van der Waals surface area contributed by atoms with Crippen molar-refractivity contribution in [2.24, 2.45) is 11.8 Å². The highest BCUT2D eigenvalue weighted by atomic mass is 16.6. The second kappa shape index (κ2) is 7.76. The van der Waals surface area contributed by atoms with Gasteiger partial charge in [-0.2, -0.15) is 0 Å². The molecule has 2 atom stereocenters. The smallest absolute Gasteiger partial charge is 0.410 e. The molecule has 6 heteroatoms. The Morgan fingerprint density at radius 1 is 1.20 bits per heavy atom. The van der Waals surface area contributed by atoms with Gasteiger partial charge in [-0.25, -0.2) is 4.79 Å². The van der Waals surface area contributed by atoms with Crippen LogP contribution in [0.2, 0.25) is 0 Å². The third-order valence-corrected chi connectivity index (χ3v) is 4.03. The summed E-state index contributed by atoms with van der Waals surface area (Å²) < 4.78 is 10.8. The third kappa shape index (κ3) is 5.37. The van der Waals surface area contributed by atoms with Gasteiger partial charge in [0.25, 0.3) is 0 Å². The number of ether oxygens (including phenoxy) is 2. The maximum atomic E-state index is 12.6. The predicted molar refractivity (Wildman–Crippen MR) is 96.7 cm³/mol. The monoisotopic (exact) mass is 348 g/mol. The molecule has 2 amide bonds. The first-order valence-corrected chi connectivity index (χ1v) is 8.71. The first-order valence-electron chi connectivity index (χ1n) is 8.71. The summed E-state index contributed by atoms with van der Waals surface area (Å²) in [5.41, 5.74) is 0.180. The molecule has 1 aromatic carbocycles. The normalized spacial score (nSPS) is 20.3. The summed E-state index contributed by atoms with van der Waals surface area (Å²) in [4.78, 5) is 26.4. The van der Waals surface area contributed by atoms with E-state index < -0.39 is 5.60 Å². The minimum absolute atomic E-state index is 0.0789. The van der Waals surface area contributed by atoms with Crippen molar-refractivity contribution in [1.29, 1.82) is 0 Å². The molecule has 25 heavy (non-hydrogen) atoms. The van der Waals surface area contributed by atoms with Crippen LogP contribution in [0.15, 0.2) is 24.3 Å². The molecular weight excluding hydrogens is 320 g/mol. The van der Waals surface area contributed by atoms with Crippen LogP contribution in [0.4, 0.5) is 10.5 Å². The summed E-state index contributed by atoms with van der Waals surface area (Å²) in [5, 5.41) is 2.92. The molecule has 1 fully saturated rings. The van der Waals surface area contributed by atoms with E-state index in [1.165, 1.54) is 0 Å². The van der Waals surface area contributed by atoms with E-state index in [-0.39, 0.29) is 23.8 Å². The number of nitrogens with zero attached hydrogens (tertiary/aromatic N) is 1. The molecule has 1 aliphatic rings. The van der Waals surface area contributed by atoms with Gasteiger partial charge in [0.05, 0.1) is 12.5 Å². The molecule has 1 aliphatic heterocycles. The van der Waals surface area contributed by atoms with Gasteiger partial charge < -0.3 is 19.7 Å². The Bertz CT molecular complexity index is 607. The molecule has 2 rings (SSSR count). The molecule has 0 aliphatic carbocycles. The van der Waals surface area contributed by atoms with Crippen molar-refractivity contribution in [3.8, 4) is 5.75 Å². The van der Waals surface area contributed by atoms with Crippen LogP contribution in [0, 0.1) is 11.8 Å². The highest BCUT2D eigenvalue weighted by Crippen LogP contribution is 2.26. The fourth-order valence-corrected chi connectivity index (χ4v) is 2.82. The molecule has 138 valence electrons. The Hall–Kier alpha value is -2.24. The van der Waals surface area contributed by atoms with Gasteiger partial charge in [0.1, 0.15) is 11.4 Å². The quantitative estimate of drug-likeness (QED) is 0.904. The SMILES string of the molecule is CCOc1ccc(NC(=O)[C@@H]2CN(C(=O)OC(C)(C)C)C[C@H]2C)cc1. The average Bonchev–Trinajstić information content (AvgIpc) is 2.90. The molecule has 0 radical (unpaired) electrons. The zero-order valence-corrected chi connectivity index (χ0v) is 15.7. The maximum absolute atomic E-state index is 12.6. The standard InChI is InChI=1S/C19H28N2O4/c1-6-24-15-9-7-14(8-10-15)20-17(22)16-12-21(11-13(16)2)18(23)25-19(3,4)5/h7-10,13,16H,6,11-12H2,1-5H3,(H,20,22)/t13-,16-/m1/s1. The van der Waals surface area contributed by atoms with Crippen LogP contribution in [-0.2, 0) is 9.53 Å². The van der Waals surface area contributed by atoms with Gasteiger partial charge in [0, 0.05) is 18.8 Å². The van der Waals surface area contributed by atoms with Gasteiger partial charge in [0.15, 0.2) is 0 Å². The van der Waals surface area contributed by atoms with Crippen molar-refractivity contribution in [1.82, 2.24) is 4.90 Å². The van der Waals surface area contributed by atoms with E-state index >= 15 is 0 Å². The van der Waals surface area contributed by atoms with Crippen LogP contribution in [0.1, 0.15) is 34.6 Å². The van der Waals surface area contributed by atoms with Crippen LogP contribution >= 0.6 is 0 Å². The number of nitrogens with one attached hydrogen (secondary N) is 1. The first kappa shape index (κ1) is 19.1. The largest absolute Gasteiger partial charge is 0.494 e. The van der Waals surface area contributed by atoms with Crippen LogP contribution in [0.5, 0.6) is 5.75 Å². The Balaban J connectivity index is 1.94. The van der Waals surface area contributed by atoms with Gasteiger partial charge in [-0.3, -0.25) is 4.79 Å². The van der Waals surface area contributed by atoms with Crippen LogP contribution < -0.4 is 10.1 Å². The van der Waals surface area contributed by atoms with Gasteiger partial charge in [0.2, 0.25) is 5.91 Å². The summed E-state index contributed by atoms with van der Waals surface area (Å²) in [6, 6.07) is 7.27. The summed E-state index contributed by atoms with van der Waals surface area (Å²) in [6.07, 6.45) is -0.365. The minimum Gasteiger partial charge on any atom is -0.494 e. The summed E-state index contributed by atoms with van der Waals surface area (Å²) in [7, 11) is 0. The molecule has 6 nitrogen and oxygen atoms in total. The van der Waals surface area contributed by atoms with Crippen LogP contribution in [0.3, 0.4) is 0 Å². The first-order chi connectivity index (χ1) is 11.7. The lowest BCUT2D eigenvalue weighted by molar-refractivity contribution is -0.120. The molecule has 0 unspecified atom stereocenters. The zero-order valence-electron chi connectivity index (χ0n) is 15.7. The third-order valence-electron chi connectivity index (χ3n) is 4.03. The van der Waals surface area contributed by atoms with Gasteiger partial charge in [-0.15, -0.1) is 0 Å². The van der Waals surface area contributed by atoms with E-state index in [2.05, 4.69) is 5.32 Å². The Labute approximate surface area is 149 Å². The number of hydrogen-bond donors (Lipinski definition) is 1. The molecule has 1 heterocycles. The molecule has 0 bridgehead atoms. The number of amides is 2. The number of rotatable bonds is 4. The van der Waals surface area contributed by atoms with E-state index in [0.717, 1.165) is 11.4 Å². The number of hydrogen-bond acceptors (Lipinski definition) is 4. The highest BCUT2D eigenvalue weighted by molar-refractivity contribution is 5.93. The zero-order chi connectivity index (χ0) is 18.6. The number of likely N-dealkylation sites (tertiary alicyclic amines) is 1. The van der Waals surface area contributed by atoms with E-state index in [1.54, 1.807) is 4.90 Å². The average molecular weight is 348 g/mol. The summed E-state index contributed by atoms with van der Waals surface area (Å²) >= 11 is 0. The Morgan fingerprint density at radius 2 is 1.84 bits per heavy atom. The summed E-state index contributed by atoms with van der Waals surface area (Å²) in [5.74, 6) is 0.517. The Kier molecular flexibility index (Phi) is 5.93. The second-order valence-electron chi connectivity index (χ2n) is 7.42. The number of anilines is 1. The fraction of sp³-hybridized carbons (Fsp3) is 0.579. The molecule has 1 saturated heterocycles. The van der Waals surface area contributed by atoms with Gasteiger partial charge in [-0.05, 0) is 57.9 Å². The molecule has 0 spiro atoms. The van der Waals surface area contributed by atoms with Crippen molar-refractivity contribution in [2.75, 3.05) is 25.0 Å². The van der Waals surface area contributed by atoms with Crippen molar-refractivity contribution in [2.45, 2.75) is 40.2 Å². The lowest BCUT2D eigenvalue weighted by Gasteiger charge is -2.24. The van der Waals surface area contributed by atoms with Crippen molar-refractivity contribution in [3.05, 3.63) is 24.3 Å². The van der Waals surface area contributed by atoms with E-state index in [0.29, 0.717) is 19.7 Å². The summed E-state index contributed by atoms with van der Waals surface area (Å²) in [6.45, 7) is 10.9. The van der Waals surface area contributed by atoms with Crippen molar-refractivity contribution in [3.63, 3.8) is 0 Å². The predicted octanol–water partition coefficient (Wildman–Crippen LogP) is 3.53. The topological polar surface area (TPSA) is 67.9 Å². The lowest BCUT2D eigenvalue weighted by Crippen LogP contribution is -2.36. The maximum Gasteiger partial charge on any atom is 0.410 e. The van der Waals surface area contributed by atoms with Gasteiger partial charge >= 0.3 is 6.09 Å². The van der Waals surface area contributed by atoms with Crippen LogP contribution in [0.25, 0.3) is 0 Å². The molecule has 1 aromatic rings. The Morgan fingerprint density at radius 3 is 2.40 bits per heavy atom. The molecular formula is C19H28N2O4. The molecule has 0 saturated carbocycles. The fourth-order valence-electron chi connectivity index (χ4n) is 2.82. The van der Waals surface area contributed by atoms with Crippen LogP contribution in [-0.4, -0.2) is 42.2 Å².